The van der Waals surface area contributed by atoms with Crippen molar-refractivity contribution in [3.8, 4) is 16.3 Å². The van der Waals surface area contributed by atoms with Gasteiger partial charge in [-0.05, 0) is 67.6 Å². The predicted octanol–water partition coefficient (Wildman–Crippen LogP) is 3.09. The minimum Gasteiger partial charge on any atom is -0.550 e. The lowest BCUT2D eigenvalue weighted by Gasteiger charge is -2.14. The number of aromatic nitrogens is 1. The summed E-state index contributed by atoms with van der Waals surface area (Å²) in [5.41, 5.74) is 3.47. The van der Waals surface area contributed by atoms with Gasteiger partial charge in [-0.1, -0.05) is 6.07 Å². The zero-order valence-corrected chi connectivity index (χ0v) is 14.0. The highest BCUT2D eigenvalue weighted by Crippen LogP contribution is 2.30. The number of carbonyl (C=O) groups excluding carboxylic acids is 2. The maximum Gasteiger partial charge on any atom is 0.159 e. The van der Waals surface area contributed by atoms with Crippen LogP contribution in [0.2, 0.25) is 0 Å². The summed E-state index contributed by atoms with van der Waals surface area (Å²) in [6.07, 6.45) is 0.363. The largest absolute Gasteiger partial charge is 0.550 e. The van der Waals surface area contributed by atoms with Crippen molar-refractivity contribution in [2.75, 3.05) is 0 Å². The van der Waals surface area contributed by atoms with Crippen LogP contribution < -0.4 is 5.11 Å². The number of aryl methyl sites for hydroxylation is 1. The molecule has 3 rings (SSSR count). The minimum atomic E-state index is -1.06. The molecule has 0 N–H and O–H groups in total. The molecule has 122 valence electrons. The van der Waals surface area contributed by atoms with E-state index in [9.17, 15) is 14.7 Å². The van der Waals surface area contributed by atoms with Crippen LogP contribution in [-0.2, 0) is 11.2 Å². The van der Waals surface area contributed by atoms with E-state index in [1.165, 1.54) is 6.92 Å². The molecule has 0 spiro atoms. The third-order valence-corrected chi connectivity index (χ3v) is 4.75. The topological polar surface area (TPSA) is 62.1 Å². The Morgan fingerprint density at radius 3 is 2.42 bits per heavy atom. The van der Waals surface area contributed by atoms with E-state index < -0.39 is 5.97 Å². The molecule has 0 saturated carbocycles. The molecule has 2 heterocycles. The molecule has 0 saturated heterocycles. The van der Waals surface area contributed by atoms with E-state index in [4.69, 9.17) is 0 Å². The standard InChI is InChI=1S/C19H17NO3S/c1-13(21)14-4-6-15(7-5-14)20-16(9-11-19(22)23)8-10-17(20)18-3-2-12-24-18/h2-8,10,12H,9,11H2,1H3,(H,22,23)/p-1. The number of aliphatic carboxylic acids is 1. The predicted molar refractivity (Wildman–Crippen MR) is 92.4 cm³/mol. The fourth-order valence-electron chi connectivity index (χ4n) is 2.67. The quantitative estimate of drug-likeness (QED) is 0.649. The smallest absolute Gasteiger partial charge is 0.159 e. The van der Waals surface area contributed by atoms with Crippen molar-refractivity contribution in [2.45, 2.75) is 19.8 Å². The number of carboxylic acids is 1. The number of hydrogen-bond donors (Lipinski definition) is 0. The molecule has 0 amide bonds. The normalized spacial score (nSPS) is 10.7. The maximum absolute atomic E-state index is 11.5. The average molecular weight is 338 g/mol. The number of benzene rings is 1. The molecule has 4 nitrogen and oxygen atoms in total. The third-order valence-electron chi connectivity index (χ3n) is 3.85. The van der Waals surface area contributed by atoms with Crippen LogP contribution in [0.25, 0.3) is 16.3 Å². The van der Waals surface area contributed by atoms with Crippen molar-refractivity contribution in [3.05, 3.63) is 65.2 Å². The van der Waals surface area contributed by atoms with Crippen LogP contribution in [-0.4, -0.2) is 16.3 Å². The summed E-state index contributed by atoms with van der Waals surface area (Å²) < 4.78 is 2.04. The van der Waals surface area contributed by atoms with E-state index in [0.717, 1.165) is 22.0 Å². The first-order chi connectivity index (χ1) is 11.6. The van der Waals surface area contributed by atoms with E-state index in [0.29, 0.717) is 12.0 Å². The van der Waals surface area contributed by atoms with Crippen LogP contribution in [0.15, 0.2) is 53.9 Å². The number of nitrogens with zero attached hydrogens (tertiary/aromatic N) is 1. The molecular formula is C19H16NO3S-. The second-order valence-corrected chi connectivity index (χ2v) is 6.45. The zero-order valence-electron chi connectivity index (χ0n) is 13.2. The summed E-state index contributed by atoms with van der Waals surface area (Å²) in [5, 5.41) is 12.8. The molecule has 0 bridgehead atoms. The molecule has 3 aromatic rings. The first-order valence-electron chi connectivity index (χ1n) is 7.62. The molecule has 0 aliphatic rings. The highest BCUT2D eigenvalue weighted by atomic mass is 32.1. The lowest BCUT2D eigenvalue weighted by Crippen LogP contribution is -2.22. The number of Topliss-reactive ketones (excluding diaryl/α,β-unsaturated/α-hetero) is 1. The summed E-state index contributed by atoms with van der Waals surface area (Å²) in [7, 11) is 0. The van der Waals surface area contributed by atoms with Crippen molar-refractivity contribution < 1.29 is 14.7 Å². The van der Waals surface area contributed by atoms with Gasteiger partial charge in [0.25, 0.3) is 0 Å². The van der Waals surface area contributed by atoms with Crippen LogP contribution in [0.3, 0.4) is 0 Å². The van der Waals surface area contributed by atoms with Gasteiger partial charge in [-0.2, -0.15) is 0 Å². The van der Waals surface area contributed by atoms with Gasteiger partial charge < -0.3 is 14.5 Å². The molecule has 2 aromatic heterocycles. The fourth-order valence-corrected chi connectivity index (χ4v) is 3.41. The van der Waals surface area contributed by atoms with E-state index in [1.54, 1.807) is 23.5 Å². The summed E-state index contributed by atoms with van der Waals surface area (Å²) >= 11 is 1.63. The number of thiophene rings is 1. The van der Waals surface area contributed by atoms with Gasteiger partial charge in [0.2, 0.25) is 0 Å². The second-order valence-electron chi connectivity index (χ2n) is 5.50. The van der Waals surface area contributed by atoms with E-state index in [2.05, 4.69) is 0 Å². The minimum absolute atomic E-state index is 0.0183. The van der Waals surface area contributed by atoms with Crippen molar-refractivity contribution >= 4 is 23.1 Å². The van der Waals surface area contributed by atoms with Crippen molar-refractivity contribution in [1.29, 1.82) is 0 Å². The number of ketones is 1. The van der Waals surface area contributed by atoms with Gasteiger partial charge >= 0.3 is 0 Å². The molecule has 0 unspecified atom stereocenters. The number of rotatable bonds is 6. The van der Waals surface area contributed by atoms with E-state index in [-0.39, 0.29) is 12.2 Å². The SMILES string of the molecule is CC(=O)c1ccc(-n2c(CCC(=O)[O-])ccc2-c2cccs2)cc1. The van der Waals surface area contributed by atoms with Gasteiger partial charge in [0.15, 0.2) is 5.78 Å². The fraction of sp³-hybridized carbons (Fsp3) is 0.158. The number of carbonyl (C=O) groups is 2. The van der Waals surface area contributed by atoms with Crippen molar-refractivity contribution in [1.82, 2.24) is 4.57 Å². The van der Waals surface area contributed by atoms with Crippen LogP contribution in [0.1, 0.15) is 29.4 Å². The highest BCUT2D eigenvalue weighted by Gasteiger charge is 2.13. The zero-order chi connectivity index (χ0) is 17.1. The Kier molecular flexibility index (Phi) is 4.62. The van der Waals surface area contributed by atoms with Crippen LogP contribution in [0.5, 0.6) is 0 Å². The third kappa shape index (κ3) is 3.31. The molecule has 1 aromatic carbocycles. The Bertz CT molecular complexity index is 861. The Balaban J connectivity index is 2.06. The van der Waals surface area contributed by atoms with Crippen molar-refractivity contribution in [2.24, 2.45) is 0 Å². The first kappa shape index (κ1) is 16.2. The molecule has 0 aliphatic heterocycles. The molecule has 0 atom stereocenters. The monoisotopic (exact) mass is 338 g/mol. The Morgan fingerprint density at radius 1 is 1.08 bits per heavy atom. The van der Waals surface area contributed by atoms with E-state index in [1.807, 2.05) is 46.3 Å². The molecule has 0 fully saturated rings. The first-order valence-corrected chi connectivity index (χ1v) is 8.50. The molecule has 5 heteroatoms. The summed E-state index contributed by atoms with van der Waals surface area (Å²) in [5.74, 6) is -1.04. The van der Waals surface area contributed by atoms with Gasteiger partial charge in [-0.3, -0.25) is 4.79 Å². The van der Waals surface area contributed by atoms with Gasteiger partial charge in [-0.25, -0.2) is 0 Å². The summed E-state index contributed by atoms with van der Waals surface area (Å²) in [6.45, 7) is 1.53. The van der Waals surface area contributed by atoms with E-state index >= 15 is 0 Å². The van der Waals surface area contributed by atoms with Crippen molar-refractivity contribution in [3.63, 3.8) is 0 Å². The average Bonchev–Trinajstić information content (AvgIpc) is 3.22. The second kappa shape index (κ2) is 6.84. The maximum atomic E-state index is 11.5. The molecule has 0 radical (unpaired) electrons. The molecular weight excluding hydrogens is 322 g/mol. The van der Waals surface area contributed by atoms with Gasteiger partial charge in [0.1, 0.15) is 0 Å². The molecule has 0 aliphatic carbocycles. The van der Waals surface area contributed by atoms with Gasteiger partial charge in [-0.15, -0.1) is 11.3 Å². The Labute approximate surface area is 144 Å². The lowest BCUT2D eigenvalue weighted by atomic mass is 10.1. The van der Waals surface area contributed by atoms with Crippen LogP contribution in [0.4, 0.5) is 0 Å². The lowest BCUT2D eigenvalue weighted by molar-refractivity contribution is -0.305. The van der Waals surface area contributed by atoms with Gasteiger partial charge in [0, 0.05) is 22.9 Å². The summed E-state index contributed by atoms with van der Waals surface area (Å²) in [6, 6.07) is 15.3. The number of carboxylic acid groups (broad SMARTS) is 1. The van der Waals surface area contributed by atoms with Crippen LogP contribution >= 0.6 is 11.3 Å². The Hall–Kier alpha value is -2.66. The number of hydrogen-bond acceptors (Lipinski definition) is 4. The Morgan fingerprint density at radius 2 is 1.83 bits per heavy atom. The van der Waals surface area contributed by atoms with Crippen LogP contribution in [0, 0.1) is 0 Å². The summed E-state index contributed by atoms with van der Waals surface area (Å²) in [4.78, 5) is 23.4. The molecule has 24 heavy (non-hydrogen) atoms. The van der Waals surface area contributed by atoms with Gasteiger partial charge in [0.05, 0.1) is 10.6 Å². The highest BCUT2D eigenvalue weighted by molar-refractivity contribution is 7.13.